The molecule has 0 saturated heterocycles. The van der Waals surface area contributed by atoms with Crippen molar-refractivity contribution in [2.24, 2.45) is 11.8 Å². The van der Waals surface area contributed by atoms with E-state index >= 15 is 0 Å². The molecule has 0 bridgehead atoms. The molecular formula is C14H21NO4S2. The molecule has 0 aromatic carbocycles. The van der Waals surface area contributed by atoms with Gasteiger partial charge in [0.1, 0.15) is 9.77 Å². The molecule has 1 saturated carbocycles. The van der Waals surface area contributed by atoms with Crippen LogP contribution >= 0.6 is 11.3 Å². The van der Waals surface area contributed by atoms with Crippen molar-refractivity contribution < 1.29 is 18.3 Å². The molecule has 1 aliphatic rings. The second-order valence-electron chi connectivity index (χ2n) is 5.76. The molecular weight excluding hydrogens is 310 g/mol. The third-order valence-corrected chi connectivity index (χ3v) is 7.03. The zero-order valence-corrected chi connectivity index (χ0v) is 13.9. The molecule has 21 heavy (non-hydrogen) atoms. The van der Waals surface area contributed by atoms with Gasteiger partial charge in [0.25, 0.3) is 0 Å². The Morgan fingerprint density at radius 3 is 2.71 bits per heavy atom. The average molecular weight is 331 g/mol. The summed E-state index contributed by atoms with van der Waals surface area (Å²) in [4.78, 5) is 11.0. The Hall–Kier alpha value is -0.920. The molecule has 5 nitrogen and oxygen atoms in total. The third-order valence-electron chi connectivity index (χ3n) is 4.21. The Kier molecular flexibility index (Phi) is 5.06. The smallest absolute Gasteiger partial charge is 0.347 e. The van der Waals surface area contributed by atoms with Gasteiger partial charge in [-0.15, -0.1) is 11.3 Å². The summed E-state index contributed by atoms with van der Waals surface area (Å²) >= 11 is 0.954. The summed E-state index contributed by atoms with van der Waals surface area (Å²) in [6, 6.07) is 0. The Balaban J connectivity index is 2.15. The summed E-state index contributed by atoms with van der Waals surface area (Å²) in [6.07, 6.45) is 4.49. The van der Waals surface area contributed by atoms with Crippen molar-refractivity contribution in [1.82, 2.24) is 4.72 Å². The fraction of sp³-hybridized carbons (Fsp3) is 0.643. The predicted molar refractivity (Wildman–Crippen MR) is 82.3 cm³/mol. The fourth-order valence-corrected chi connectivity index (χ4v) is 5.62. The van der Waals surface area contributed by atoms with Crippen LogP contribution in [0.2, 0.25) is 0 Å². The normalized spacial score (nSPS) is 23.1. The summed E-state index contributed by atoms with van der Waals surface area (Å²) < 4.78 is 27.5. The van der Waals surface area contributed by atoms with Crippen molar-refractivity contribution >= 4 is 27.3 Å². The molecule has 118 valence electrons. The summed E-state index contributed by atoms with van der Waals surface area (Å²) in [5.41, 5.74) is 0.488. The first-order valence-electron chi connectivity index (χ1n) is 7.14. The van der Waals surface area contributed by atoms with Gasteiger partial charge in [-0.05, 0) is 36.1 Å². The standard InChI is InChI=1S/C14H21NO4S2/c1-9-5-3-4-6-11(9)7-15-21(18,19)13-10(2)8-20-12(13)14(16)17/h8-9,11,15H,3-7H2,1-2H3,(H,16,17). The Bertz CT molecular complexity index is 621. The van der Waals surface area contributed by atoms with Crippen LogP contribution in [0.15, 0.2) is 10.3 Å². The summed E-state index contributed by atoms with van der Waals surface area (Å²) in [6.45, 7) is 4.16. The highest BCUT2D eigenvalue weighted by Gasteiger charge is 2.29. The van der Waals surface area contributed by atoms with E-state index < -0.39 is 16.0 Å². The van der Waals surface area contributed by atoms with Crippen molar-refractivity contribution in [1.29, 1.82) is 0 Å². The molecule has 1 aliphatic carbocycles. The van der Waals surface area contributed by atoms with Crippen LogP contribution < -0.4 is 4.72 Å². The molecule has 2 unspecified atom stereocenters. The van der Waals surface area contributed by atoms with Crippen LogP contribution in [0.1, 0.15) is 47.8 Å². The van der Waals surface area contributed by atoms with Crippen LogP contribution in [0, 0.1) is 18.8 Å². The van der Waals surface area contributed by atoms with Crippen LogP contribution in [0.25, 0.3) is 0 Å². The van der Waals surface area contributed by atoms with Crippen molar-refractivity contribution in [3.05, 3.63) is 15.8 Å². The van der Waals surface area contributed by atoms with Gasteiger partial charge in [0, 0.05) is 6.54 Å². The maximum atomic E-state index is 12.4. The first-order valence-corrected chi connectivity index (χ1v) is 9.50. The van der Waals surface area contributed by atoms with Crippen LogP contribution in [-0.2, 0) is 10.0 Å². The van der Waals surface area contributed by atoms with E-state index in [0.717, 1.165) is 30.6 Å². The Labute approximate surface area is 129 Å². The van der Waals surface area contributed by atoms with Gasteiger partial charge in [0.15, 0.2) is 0 Å². The van der Waals surface area contributed by atoms with E-state index in [1.165, 1.54) is 6.42 Å². The molecule has 1 aromatic rings. The number of sulfonamides is 1. The highest BCUT2D eigenvalue weighted by molar-refractivity contribution is 7.89. The van der Waals surface area contributed by atoms with E-state index in [0.29, 0.717) is 23.9 Å². The van der Waals surface area contributed by atoms with Gasteiger partial charge in [-0.2, -0.15) is 0 Å². The maximum Gasteiger partial charge on any atom is 0.347 e. The van der Waals surface area contributed by atoms with Gasteiger partial charge in [-0.25, -0.2) is 17.9 Å². The number of hydrogen-bond acceptors (Lipinski definition) is 4. The molecule has 1 heterocycles. The van der Waals surface area contributed by atoms with Crippen molar-refractivity contribution in [2.45, 2.75) is 44.4 Å². The zero-order chi connectivity index (χ0) is 15.6. The minimum absolute atomic E-state index is 0.0801. The third kappa shape index (κ3) is 3.64. The first kappa shape index (κ1) is 16.5. The number of aryl methyl sites for hydroxylation is 1. The molecule has 1 fully saturated rings. The van der Waals surface area contributed by atoms with Crippen LogP contribution in [0.4, 0.5) is 0 Å². The topological polar surface area (TPSA) is 83.5 Å². The van der Waals surface area contributed by atoms with E-state index in [1.54, 1.807) is 12.3 Å². The lowest BCUT2D eigenvalue weighted by Crippen LogP contribution is -2.34. The molecule has 2 rings (SSSR count). The average Bonchev–Trinajstić information content (AvgIpc) is 2.81. The summed E-state index contributed by atoms with van der Waals surface area (Å²) in [5, 5.41) is 10.7. The first-order chi connectivity index (χ1) is 9.83. The SMILES string of the molecule is Cc1csc(C(=O)O)c1S(=O)(=O)NCC1CCCCC1C. The number of aromatic carboxylic acids is 1. The van der Waals surface area contributed by atoms with Gasteiger partial charge in [-0.3, -0.25) is 0 Å². The van der Waals surface area contributed by atoms with E-state index in [1.807, 2.05) is 0 Å². The van der Waals surface area contributed by atoms with Gasteiger partial charge in [0.2, 0.25) is 10.0 Å². The lowest BCUT2D eigenvalue weighted by Gasteiger charge is -2.28. The maximum absolute atomic E-state index is 12.4. The van der Waals surface area contributed by atoms with E-state index in [9.17, 15) is 13.2 Å². The molecule has 0 radical (unpaired) electrons. The number of carbonyl (C=O) groups is 1. The monoisotopic (exact) mass is 331 g/mol. The number of carboxylic acid groups (broad SMARTS) is 1. The molecule has 7 heteroatoms. The van der Waals surface area contributed by atoms with Crippen molar-refractivity contribution in [3.63, 3.8) is 0 Å². The van der Waals surface area contributed by atoms with Crippen LogP contribution in [0.3, 0.4) is 0 Å². The zero-order valence-electron chi connectivity index (χ0n) is 12.3. The Morgan fingerprint density at radius 2 is 2.10 bits per heavy atom. The number of thiophene rings is 1. The quantitative estimate of drug-likeness (QED) is 0.869. The van der Waals surface area contributed by atoms with Gasteiger partial charge < -0.3 is 5.11 Å². The van der Waals surface area contributed by atoms with Gasteiger partial charge in [-0.1, -0.05) is 26.2 Å². The highest BCUT2D eigenvalue weighted by atomic mass is 32.2. The fourth-order valence-electron chi connectivity index (χ4n) is 2.90. The Morgan fingerprint density at radius 1 is 1.43 bits per heavy atom. The number of hydrogen-bond donors (Lipinski definition) is 2. The summed E-state index contributed by atoms with van der Waals surface area (Å²) in [5.74, 6) is -0.357. The number of nitrogens with one attached hydrogen (secondary N) is 1. The number of carboxylic acids is 1. The molecule has 1 aromatic heterocycles. The second-order valence-corrected chi connectivity index (χ2v) is 8.34. The second kappa shape index (κ2) is 6.46. The molecule has 0 amide bonds. The van der Waals surface area contributed by atoms with E-state index in [2.05, 4.69) is 11.6 Å². The minimum Gasteiger partial charge on any atom is -0.477 e. The van der Waals surface area contributed by atoms with Crippen molar-refractivity contribution in [3.8, 4) is 0 Å². The van der Waals surface area contributed by atoms with Crippen LogP contribution in [0.5, 0.6) is 0 Å². The molecule has 2 N–H and O–H groups in total. The minimum atomic E-state index is -3.77. The predicted octanol–water partition coefficient (Wildman–Crippen LogP) is 2.86. The number of rotatable bonds is 5. The van der Waals surface area contributed by atoms with E-state index in [4.69, 9.17) is 5.11 Å². The van der Waals surface area contributed by atoms with E-state index in [-0.39, 0.29) is 9.77 Å². The summed E-state index contributed by atoms with van der Waals surface area (Å²) in [7, 11) is -3.77. The van der Waals surface area contributed by atoms with Crippen molar-refractivity contribution in [2.75, 3.05) is 6.54 Å². The molecule has 2 atom stereocenters. The molecule has 0 spiro atoms. The largest absolute Gasteiger partial charge is 0.477 e. The highest BCUT2D eigenvalue weighted by Crippen LogP contribution is 2.30. The molecule has 0 aliphatic heterocycles. The van der Waals surface area contributed by atoms with Gasteiger partial charge in [0.05, 0.1) is 0 Å². The van der Waals surface area contributed by atoms with Crippen LogP contribution in [-0.4, -0.2) is 26.0 Å². The van der Waals surface area contributed by atoms with Gasteiger partial charge >= 0.3 is 5.97 Å². The lowest BCUT2D eigenvalue weighted by molar-refractivity contribution is 0.0698. The lowest BCUT2D eigenvalue weighted by atomic mass is 9.81.